The maximum atomic E-state index is 11.3. The third kappa shape index (κ3) is 2.65. The zero-order valence-electron chi connectivity index (χ0n) is 9.50. The minimum absolute atomic E-state index is 0.0267. The molecule has 0 aromatic heterocycles. The number of carbonyl (C=O) groups is 2. The zero-order valence-corrected chi connectivity index (χ0v) is 9.50. The van der Waals surface area contributed by atoms with Gasteiger partial charge in [-0.25, -0.2) is 0 Å². The fraction of sp³-hybridized carbons (Fsp3) is 0.333. The van der Waals surface area contributed by atoms with Crippen molar-refractivity contribution >= 4 is 17.3 Å². The second-order valence-corrected chi connectivity index (χ2v) is 3.78. The predicted octanol–water partition coefficient (Wildman–Crippen LogP) is 2.16. The lowest BCUT2D eigenvalue weighted by Crippen LogP contribution is -2.11. The highest BCUT2D eigenvalue weighted by Gasteiger charge is 2.08. The van der Waals surface area contributed by atoms with Crippen LogP contribution in [-0.4, -0.2) is 25.7 Å². The fourth-order valence-electron chi connectivity index (χ4n) is 1.28. The highest BCUT2D eigenvalue weighted by atomic mass is 16.1. The van der Waals surface area contributed by atoms with Crippen LogP contribution in [0.15, 0.2) is 18.2 Å². The second kappa shape index (κ2) is 4.26. The zero-order chi connectivity index (χ0) is 11.6. The van der Waals surface area contributed by atoms with Crippen LogP contribution in [0.3, 0.4) is 0 Å². The Kier molecular flexibility index (Phi) is 3.24. The molecule has 0 N–H and O–H groups in total. The smallest absolute Gasteiger partial charge is 0.159 e. The molecule has 0 aliphatic carbocycles. The maximum absolute atomic E-state index is 11.3. The van der Waals surface area contributed by atoms with E-state index in [-0.39, 0.29) is 11.6 Å². The number of rotatable bonds is 3. The standard InChI is InChI=1S/C12H15NO2/c1-8(14)10-5-11(9(2)15)7-12(6-10)13(3)4/h5-7H,1-4H3. The molecule has 0 bridgehead atoms. The first-order valence-electron chi connectivity index (χ1n) is 4.76. The van der Waals surface area contributed by atoms with E-state index in [4.69, 9.17) is 0 Å². The van der Waals surface area contributed by atoms with Gasteiger partial charge < -0.3 is 4.90 Å². The lowest BCUT2D eigenvalue weighted by Gasteiger charge is -2.14. The molecule has 0 saturated carbocycles. The largest absolute Gasteiger partial charge is 0.378 e. The Balaban J connectivity index is 3.32. The number of nitrogens with zero attached hydrogens (tertiary/aromatic N) is 1. The third-order valence-corrected chi connectivity index (χ3v) is 2.25. The lowest BCUT2D eigenvalue weighted by molar-refractivity contribution is 0.101. The molecule has 1 aromatic rings. The molecule has 1 aromatic carbocycles. The lowest BCUT2D eigenvalue weighted by atomic mass is 10.0. The summed E-state index contributed by atoms with van der Waals surface area (Å²) in [7, 11) is 3.76. The minimum atomic E-state index is -0.0267. The maximum Gasteiger partial charge on any atom is 0.159 e. The molecule has 3 heteroatoms. The molecule has 1 rings (SSSR count). The van der Waals surface area contributed by atoms with Gasteiger partial charge in [0.2, 0.25) is 0 Å². The summed E-state index contributed by atoms with van der Waals surface area (Å²) in [6.07, 6.45) is 0. The average molecular weight is 205 g/mol. The predicted molar refractivity (Wildman–Crippen MR) is 60.8 cm³/mol. The summed E-state index contributed by atoms with van der Waals surface area (Å²) in [6.45, 7) is 3.00. The number of carbonyl (C=O) groups excluding carboxylic acids is 2. The van der Waals surface area contributed by atoms with E-state index in [0.29, 0.717) is 11.1 Å². The van der Waals surface area contributed by atoms with Crippen molar-refractivity contribution in [1.82, 2.24) is 0 Å². The number of hydrogen-bond acceptors (Lipinski definition) is 3. The van der Waals surface area contributed by atoms with Crippen LogP contribution in [0.25, 0.3) is 0 Å². The Hall–Kier alpha value is -1.64. The monoisotopic (exact) mass is 205 g/mol. The van der Waals surface area contributed by atoms with Crippen LogP contribution in [-0.2, 0) is 0 Å². The van der Waals surface area contributed by atoms with Gasteiger partial charge >= 0.3 is 0 Å². The van der Waals surface area contributed by atoms with Gasteiger partial charge in [0.1, 0.15) is 0 Å². The molecule has 0 aliphatic rings. The van der Waals surface area contributed by atoms with Crippen molar-refractivity contribution in [1.29, 1.82) is 0 Å². The molecule has 0 atom stereocenters. The number of benzene rings is 1. The van der Waals surface area contributed by atoms with Crippen molar-refractivity contribution in [2.75, 3.05) is 19.0 Å². The molecule has 0 radical (unpaired) electrons. The molecular formula is C12H15NO2. The van der Waals surface area contributed by atoms with E-state index in [1.54, 1.807) is 18.2 Å². The second-order valence-electron chi connectivity index (χ2n) is 3.78. The first-order valence-corrected chi connectivity index (χ1v) is 4.76. The summed E-state index contributed by atoms with van der Waals surface area (Å²) in [5.74, 6) is -0.0533. The summed E-state index contributed by atoms with van der Waals surface area (Å²) in [5, 5.41) is 0. The molecule has 15 heavy (non-hydrogen) atoms. The van der Waals surface area contributed by atoms with Crippen LogP contribution in [0.2, 0.25) is 0 Å². The van der Waals surface area contributed by atoms with Gasteiger partial charge in [0, 0.05) is 30.9 Å². The summed E-state index contributed by atoms with van der Waals surface area (Å²) in [6, 6.07) is 5.21. The van der Waals surface area contributed by atoms with Gasteiger partial charge in [0.25, 0.3) is 0 Å². The highest BCUT2D eigenvalue weighted by Crippen LogP contribution is 2.18. The van der Waals surface area contributed by atoms with E-state index >= 15 is 0 Å². The molecule has 80 valence electrons. The van der Waals surface area contributed by atoms with E-state index < -0.39 is 0 Å². The summed E-state index contributed by atoms with van der Waals surface area (Å²) in [5.41, 5.74) is 2.02. The number of anilines is 1. The fourth-order valence-corrected chi connectivity index (χ4v) is 1.28. The molecule has 0 spiro atoms. The van der Waals surface area contributed by atoms with Gasteiger partial charge in [-0.1, -0.05) is 0 Å². The summed E-state index contributed by atoms with van der Waals surface area (Å²) in [4.78, 5) is 24.4. The van der Waals surface area contributed by atoms with Gasteiger partial charge in [0.05, 0.1) is 0 Å². The third-order valence-electron chi connectivity index (χ3n) is 2.25. The van der Waals surface area contributed by atoms with Crippen LogP contribution in [0.4, 0.5) is 5.69 Å². The van der Waals surface area contributed by atoms with Crippen molar-refractivity contribution < 1.29 is 9.59 Å². The van der Waals surface area contributed by atoms with E-state index in [0.717, 1.165) is 5.69 Å². The summed E-state index contributed by atoms with van der Waals surface area (Å²) >= 11 is 0. The van der Waals surface area contributed by atoms with E-state index in [1.165, 1.54) is 13.8 Å². The number of ketones is 2. The topological polar surface area (TPSA) is 37.4 Å². The van der Waals surface area contributed by atoms with Gasteiger partial charge in [0.15, 0.2) is 11.6 Å². The SMILES string of the molecule is CC(=O)c1cc(C(C)=O)cc(N(C)C)c1. The van der Waals surface area contributed by atoms with Crippen molar-refractivity contribution in [3.63, 3.8) is 0 Å². The van der Waals surface area contributed by atoms with Crippen LogP contribution in [0, 0.1) is 0 Å². The minimum Gasteiger partial charge on any atom is -0.378 e. The van der Waals surface area contributed by atoms with Gasteiger partial charge in [-0.05, 0) is 32.0 Å². The first-order chi connectivity index (χ1) is 6.91. The van der Waals surface area contributed by atoms with E-state index in [9.17, 15) is 9.59 Å². The molecular weight excluding hydrogens is 190 g/mol. The number of hydrogen-bond donors (Lipinski definition) is 0. The van der Waals surface area contributed by atoms with Crippen molar-refractivity contribution in [3.05, 3.63) is 29.3 Å². The Bertz CT molecular complexity index is 376. The Morgan fingerprint density at radius 3 is 1.60 bits per heavy atom. The first kappa shape index (κ1) is 11.4. The molecule has 0 unspecified atom stereocenters. The van der Waals surface area contributed by atoms with Crippen molar-refractivity contribution in [2.24, 2.45) is 0 Å². The molecule has 0 aliphatic heterocycles. The Morgan fingerprint density at radius 1 is 0.933 bits per heavy atom. The normalized spacial score (nSPS) is 9.87. The van der Waals surface area contributed by atoms with Crippen LogP contribution in [0.5, 0.6) is 0 Å². The average Bonchev–Trinajstić information content (AvgIpc) is 2.16. The van der Waals surface area contributed by atoms with Crippen LogP contribution >= 0.6 is 0 Å². The highest BCUT2D eigenvalue weighted by molar-refractivity contribution is 6.01. The molecule has 0 amide bonds. The van der Waals surface area contributed by atoms with Crippen LogP contribution in [0.1, 0.15) is 34.6 Å². The Labute approximate surface area is 89.7 Å². The molecule has 0 heterocycles. The van der Waals surface area contributed by atoms with Gasteiger partial charge in [-0.2, -0.15) is 0 Å². The van der Waals surface area contributed by atoms with Crippen LogP contribution < -0.4 is 4.90 Å². The number of Topliss-reactive ketones (excluding diaryl/α,β-unsaturated/α-hetero) is 2. The van der Waals surface area contributed by atoms with Crippen molar-refractivity contribution in [2.45, 2.75) is 13.8 Å². The molecule has 0 fully saturated rings. The molecule has 3 nitrogen and oxygen atoms in total. The summed E-state index contributed by atoms with van der Waals surface area (Å²) < 4.78 is 0. The Morgan fingerprint density at radius 2 is 1.33 bits per heavy atom. The van der Waals surface area contributed by atoms with E-state index in [1.807, 2.05) is 19.0 Å². The van der Waals surface area contributed by atoms with Gasteiger partial charge in [-0.3, -0.25) is 9.59 Å². The van der Waals surface area contributed by atoms with Crippen molar-refractivity contribution in [3.8, 4) is 0 Å². The molecule has 0 saturated heterocycles. The van der Waals surface area contributed by atoms with E-state index in [2.05, 4.69) is 0 Å². The van der Waals surface area contributed by atoms with Gasteiger partial charge in [-0.15, -0.1) is 0 Å². The quantitative estimate of drug-likeness (QED) is 0.709.